The van der Waals surface area contributed by atoms with Gasteiger partial charge in [0.15, 0.2) is 5.13 Å². The van der Waals surface area contributed by atoms with E-state index in [-0.39, 0.29) is 12.0 Å². The van der Waals surface area contributed by atoms with Gasteiger partial charge in [-0.15, -0.1) is 11.3 Å². The summed E-state index contributed by atoms with van der Waals surface area (Å²) in [7, 11) is 0. The van der Waals surface area contributed by atoms with Crippen molar-refractivity contribution in [3.63, 3.8) is 0 Å². The maximum absolute atomic E-state index is 10.7. The summed E-state index contributed by atoms with van der Waals surface area (Å²) in [5.41, 5.74) is 6.24. The largest absolute Gasteiger partial charge is 0.375 e. The first-order valence-corrected chi connectivity index (χ1v) is 4.44. The molecule has 1 aliphatic carbocycles. The van der Waals surface area contributed by atoms with Gasteiger partial charge in [-0.2, -0.15) is 0 Å². The number of hydrogen-bond acceptors (Lipinski definition) is 3. The second-order valence-corrected chi connectivity index (χ2v) is 3.89. The van der Waals surface area contributed by atoms with Crippen molar-refractivity contribution in [1.82, 2.24) is 4.98 Å². The second-order valence-electron chi connectivity index (χ2n) is 3.00. The molecule has 0 unspecified atom stereocenters. The van der Waals surface area contributed by atoms with Gasteiger partial charge in [-0.05, 0) is 12.8 Å². The summed E-state index contributed by atoms with van der Waals surface area (Å²) < 4.78 is 0. The van der Waals surface area contributed by atoms with Crippen molar-refractivity contribution in [2.24, 2.45) is 0 Å². The molecule has 0 atom stereocenters. The molecule has 4 heteroatoms. The number of nitrogen functional groups attached to an aromatic ring is 1. The molecule has 0 aliphatic heterocycles. The van der Waals surface area contributed by atoms with Crippen LogP contribution in [0.1, 0.15) is 18.5 Å². The molecule has 11 heavy (non-hydrogen) atoms. The van der Waals surface area contributed by atoms with Crippen LogP contribution < -0.4 is 5.73 Å². The lowest BCUT2D eigenvalue weighted by molar-refractivity contribution is 0.162. The lowest BCUT2D eigenvalue weighted by Crippen LogP contribution is -2.11. The summed E-state index contributed by atoms with van der Waals surface area (Å²) in [5, 5.41) is 13.2. The Labute approximate surface area is 68.9 Å². The molecule has 2 N–H and O–H groups in total. The molecule has 1 radical (unpaired) electrons. The van der Waals surface area contributed by atoms with E-state index in [1.807, 2.05) is 5.38 Å². The van der Waals surface area contributed by atoms with Gasteiger partial charge in [-0.3, -0.25) is 0 Å². The fourth-order valence-corrected chi connectivity index (χ4v) is 1.84. The Hall–Kier alpha value is -0.610. The van der Waals surface area contributed by atoms with Crippen LogP contribution in [0.4, 0.5) is 5.13 Å². The van der Waals surface area contributed by atoms with Gasteiger partial charge in [0.25, 0.3) is 0 Å². The number of rotatable bonds is 2. The third-order valence-electron chi connectivity index (χ3n) is 2.20. The van der Waals surface area contributed by atoms with Crippen molar-refractivity contribution in [2.75, 3.05) is 12.3 Å². The van der Waals surface area contributed by atoms with E-state index in [0.29, 0.717) is 5.13 Å². The predicted octanol–water partition coefficient (Wildman–Crippen LogP) is 1.19. The zero-order valence-corrected chi connectivity index (χ0v) is 6.86. The monoisotopic (exact) mass is 169 g/mol. The summed E-state index contributed by atoms with van der Waals surface area (Å²) in [5.74, 6) is 0. The maximum atomic E-state index is 10.7. The van der Waals surface area contributed by atoms with E-state index < -0.39 is 0 Å². The van der Waals surface area contributed by atoms with E-state index in [0.717, 1.165) is 18.5 Å². The van der Waals surface area contributed by atoms with Crippen molar-refractivity contribution >= 4 is 16.5 Å². The zero-order valence-electron chi connectivity index (χ0n) is 6.04. The molecule has 3 nitrogen and oxygen atoms in total. The van der Waals surface area contributed by atoms with Crippen LogP contribution in [0.25, 0.3) is 0 Å². The van der Waals surface area contributed by atoms with Gasteiger partial charge in [0.05, 0.1) is 12.3 Å². The number of anilines is 1. The van der Waals surface area contributed by atoms with Crippen LogP contribution in [0.2, 0.25) is 0 Å². The smallest absolute Gasteiger partial charge is 0.180 e. The Balaban J connectivity index is 2.29. The van der Waals surface area contributed by atoms with E-state index >= 15 is 0 Å². The van der Waals surface area contributed by atoms with Crippen molar-refractivity contribution in [3.8, 4) is 0 Å². The molecule has 1 aliphatic rings. The Bertz CT molecular complexity index is 267. The molecular weight excluding hydrogens is 160 g/mol. The van der Waals surface area contributed by atoms with Crippen LogP contribution >= 0.6 is 11.3 Å². The molecule has 1 heterocycles. The van der Waals surface area contributed by atoms with E-state index in [1.165, 1.54) is 11.3 Å². The lowest BCUT2D eigenvalue weighted by Gasteiger charge is -2.04. The number of nitrogens with zero attached hydrogens (tertiary/aromatic N) is 1. The van der Waals surface area contributed by atoms with Crippen molar-refractivity contribution in [1.29, 1.82) is 0 Å². The van der Waals surface area contributed by atoms with Crippen LogP contribution in [0, 0.1) is 0 Å². The van der Waals surface area contributed by atoms with Gasteiger partial charge in [-0.1, -0.05) is 0 Å². The summed E-state index contributed by atoms with van der Waals surface area (Å²) in [6.07, 6.45) is 1.97. The Morgan fingerprint density at radius 3 is 2.82 bits per heavy atom. The van der Waals surface area contributed by atoms with Crippen LogP contribution in [0.3, 0.4) is 0 Å². The molecule has 1 fully saturated rings. The summed E-state index contributed by atoms with van der Waals surface area (Å²) in [6.45, 7) is -0.0455. The summed E-state index contributed by atoms with van der Waals surface area (Å²) >= 11 is 1.41. The molecule has 1 aromatic rings. The minimum atomic E-state index is -0.131. The first-order valence-electron chi connectivity index (χ1n) is 3.56. The maximum Gasteiger partial charge on any atom is 0.180 e. The molecular formula is C7H9N2OS. The minimum absolute atomic E-state index is 0.0455. The Kier molecular flexibility index (Phi) is 1.40. The van der Waals surface area contributed by atoms with Gasteiger partial charge < -0.3 is 5.73 Å². The normalized spacial score (nSPS) is 20.1. The van der Waals surface area contributed by atoms with Crippen molar-refractivity contribution < 1.29 is 5.11 Å². The number of thiazole rings is 1. The highest BCUT2D eigenvalue weighted by Crippen LogP contribution is 2.47. The first kappa shape index (κ1) is 7.06. The van der Waals surface area contributed by atoms with Crippen molar-refractivity contribution in [3.05, 3.63) is 11.1 Å². The van der Waals surface area contributed by atoms with E-state index in [1.54, 1.807) is 0 Å². The predicted molar refractivity (Wildman–Crippen MR) is 43.0 cm³/mol. The molecule has 0 bridgehead atoms. The Morgan fingerprint density at radius 2 is 2.45 bits per heavy atom. The highest BCUT2D eigenvalue weighted by Gasteiger charge is 2.46. The highest BCUT2D eigenvalue weighted by atomic mass is 32.1. The van der Waals surface area contributed by atoms with Crippen LogP contribution in [0.15, 0.2) is 5.38 Å². The topological polar surface area (TPSA) is 58.8 Å². The van der Waals surface area contributed by atoms with Gasteiger partial charge in [0.2, 0.25) is 0 Å². The van der Waals surface area contributed by atoms with Crippen LogP contribution in [0.5, 0.6) is 0 Å². The third-order valence-corrected chi connectivity index (χ3v) is 2.87. The molecule has 1 saturated carbocycles. The standard InChI is InChI=1S/C7H9N2OS/c8-6-9-5(3-11-6)7(4-10)1-2-7/h3H,1-2,4H2,(H2,8,9). The minimum Gasteiger partial charge on any atom is -0.375 e. The number of nitrogens with two attached hydrogens (primary N) is 1. The molecule has 1 aromatic heterocycles. The fraction of sp³-hybridized carbons (Fsp3) is 0.571. The molecule has 0 saturated heterocycles. The van der Waals surface area contributed by atoms with Crippen LogP contribution in [-0.4, -0.2) is 11.6 Å². The SMILES string of the molecule is Nc1nc(C2(C[O])CC2)cs1. The molecule has 59 valence electrons. The zero-order chi connectivity index (χ0) is 7.90. The Morgan fingerprint density at radius 1 is 1.73 bits per heavy atom. The van der Waals surface area contributed by atoms with Gasteiger partial charge in [0.1, 0.15) is 0 Å². The average molecular weight is 169 g/mol. The van der Waals surface area contributed by atoms with Gasteiger partial charge in [0, 0.05) is 10.8 Å². The van der Waals surface area contributed by atoms with Gasteiger partial charge in [-0.25, -0.2) is 10.1 Å². The number of aromatic nitrogens is 1. The quantitative estimate of drug-likeness (QED) is 0.722. The summed E-state index contributed by atoms with van der Waals surface area (Å²) in [4.78, 5) is 4.11. The second kappa shape index (κ2) is 2.19. The molecule has 0 aromatic carbocycles. The highest BCUT2D eigenvalue weighted by molar-refractivity contribution is 7.13. The van der Waals surface area contributed by atoms with Crippen LogP contribution in [-0.2, 0) is 10.5 Å². The van der Waals surface area contributed by atoms with Gasteiger partial charge >= 0.3 is 0 Å². The third kappa shape index (κ3) is 1.02. The average Bonchev–Trinajstić information content (AvgIpc) is 2.70. The van der Waals surface area contributed by atoms with E-state index in [9.17, 15) is 5.11 Å². The fourth-order valence-electron chi connectivity index (χ4n) is 1.16. The molecule has 0 amide bonds. The van der Waals surface area contributed by atoms with Crippen molar-refractivity contribution in [2.45, 2.75) is 18.3 Å². The lowest BCUT2D eigenvalue weighted by atomic mass is 10.1. The molecule has 0 spiro atoms. The van der Waals surface area contributed by atoms with E-state index in [2.05, 4.69) is 4.98 Å². The summed E-state index contributed by atoms with van der Waals surface area (Å²) in [6, 6.07) is 0. The molecule has 2 rings (SSSR count). The van der Waals surface area contributed by atoms with E-state index in [4.69, 9.17) is 5.73 Å². The first-order chi connectivity index (χ1) is 5.27. The number of hydrogen-bond donors (Lipinski definition) is 1.